The first-order chi connectivity index (χ1) is 10.2. The number of nitrogens with zero attached hydrogens (tertiary/aromatic N) is 1. The lowest BCUT2D eigenvalue weighted by Crippen LogP contribution is -2.36. The second kappa shape index (κ2) is 6.55. The molecule has 2 rings (SSSR count). The highest BCUT2D eigenvalue weighted by Gasteiger charge is 2.33. The lowest BCUT2D eigenvalue weighted by molar-refractivity contribution is 0.0520. The molecule has 8 heteroatoms. The van der Waals surface area contributed by atoms with Gasteiger partial charge in [0.2, 0.25) is 0 Å². The molecule has 1 amide bonds. The summed E-state index contributed by atoms with van der Waals surface area (Å²) in [6, 6.07) is 3.35. The number of ether oxygens (including phenoxy) is 1. The summed E-state index contributed by atoms with van der Waals surface area (Å²) in [5, 5.41) is 4.46. The molecule has 1 aliphatic heterocycles. The van der Waals surface area contributed by atoms with E-state index < -0.39 is 21.7 Å². The van der Waals surface area contributed by atoms with Crippen molar-refractivity contribution in [1.29, 1.82) is 0 Å². The minimum absolute atomic E-state index is 0.113. The summed E-state index contributed by atoms with van der Waals surface area (Å²) in [6.07, 6.45) is 0.271. The highest BCUT2D eigenvalue weighted by molar-refractivity contribution is 7.91. The highest BCUT2D eigenvalue weighted by atomic mass is 32.2. The standard InChI is InChI=1S/C14H22N2O4S2/c1-14(2,3)20-13(17)15-9-11-6-7-16(10-11)22(18,19)12-5-4-8-21-12/h4-5,8,11H,6-7,9-10H2,1-3H3,(H,15,17)/t11-/m1/s1. The Bertz CT molecular complexity index is 605. The van der Waals surface area contributed by atoms with E-state index in [1.165, 1.54) is 15.6 Å². The third-order valence-corrected chi connectivity index (χ3v) is 6.51. The fourth-order valence-corrected chi connectivity index (χ4v) is 4.94. The van der Waals surface area contributed by atoms with Crippen molar-refractivity contribution in [2.45, 2.75) is 37.0 Å². The van der Waals surface area contributed by atoms with Crippen LogP contribution in [-0.2, 0) is 14.8 Å². The van der Waals surface area contributed by atoms with E-state index in [4.69, 9.17) is 4.74 Å². The first-order valence-electron chi connectivity index (χ1n) is 7.19. The van der Waals surface area contributed by atoms with Gasteiger partial charge in [0.05, 0.1) is 0 Å². The summed E-state index contributed by atoms with van der Waals surface area (Å²) >= 11 is 1.22. The van der Waals surface area contributed by atoms with Crippen LogP contribution in [0.1, 0.15) is 27.2 Å². The third-order valence-electron chi connectivity index (χ3n) is 3.27. The SMILES string of the molecule is CC(C)(C)OC(=O)NC[C@H]1CCN(S(=O)(=O)c2cccs2)C1. The van der Waals surface area contributed by atoms with E-state index in [-0.39, 0.29) is 5.92 Å². The Balaban J connectivity index is 1.85. The molecular weight excluding hydrogens is 324 g/mol. The fourth-order valence-electron chi connectivity index (χ4n) is 2.26. The molecule has 1 aromatic heterocycles. The van der Waals surface area contributed by atoms with Crippen LogP contribution in [0, 0.1) is 5.92 Å². The van der Waals surface area contributed by atoms with E-state index in [1.54, 1.807) is 38.3 Å². The molecule has 1 N–H and O–H groups in total. The van der Waals surface area contributed by atoms with Crippen LogP contribution in [0.25, 0.3) is 0 Å². The molecule has 0 aromatic carbocycles. The zero-order valence-electron chi connectivity index (χ0n) is 13.0. The number of rotatable bonds is 4. The summed E-state index contributed by atoms with van der Waals surface area (Å²) in [4.78, 5) is 11.6. The number of nitrogens with one attached hydrogen (secondary N) is 1. The maximum atomic E-state index is 12.4. The first kappa shape index (κ1) is 17.2. The minimum atomic E-state index is -3.39. The number of sulfonamides is 1. The van der Waals surface area contributed by atoms with Crippen molar-refractivity contribution >= 4 is 27.5 Å². The van der Waals surface area contributed by atoms with Crippen LogP contribution in [0.3, 0.4) is 0 Å². The van der Waals surface area contributed by atoms with E-state index in [0.29, 0.717) is 23.8 Å². The summed E-state index contributed by atoms with van der Waals surface area (Å²) in [5.41, 5.74) is -0.533. The zero-order chi connectivity index (χ0) is 16.4. The number of carbonyl (C=O) groups excluding carboxylic acids is 1. The summed E-state index contributed by atoms with van der Waals surface area (Å²) < 4.78 is 31.8. The number of alkyl carbamates (subject to hydrolysis) is 1. The van der Waals surface area contributed by atoms with Gasteiger partial charge in [0.25, 0.3) is 10.0 Å². The molecule has 0 saturated carbocycles. The van der Waals surface area contributed by atoms with Gasteiger partial charge in [0.1, 0.15) is 9.81 Å². The number of hydrogen-bond acceptors (Lipinski definition) is 5. The van der Waals surface area contributed by atoms with Crippen molar-refractivity contribution in [2.24, 2.45) is 5.92 Å². The number of amides is 1. The molecule has 6 nitrogen and oxygen atoms in total. The molecule has 124 valence electrons. The van der Waals surface area contributed by atoms with Crippen LogP contribution in [0.4, 0.5) is 4.79 Å². The monoisotopic (exact) mass is 346 g/mol. The van der Waals surface area contributed by atoms with Crippen molar-refractivity contribution in [1.82, 2.24) is 9.62 Å². The fraction of sp³-hybridized carbons (Fsp3) is 0.643. The van der Waals surface area contributed by atoms with E-state index in [1.807, 2.05) is 0 Å². The molecule has 22 heavy (non-hydrogen) atoms. The Labute approximate surface area is 135 Å². The van der Waals surface area contributed by atoms with Crippen molar-refractivity contribution in [3.8, 4) is 0 Å². The van der Waals surface area contributed by atoms with E-state index >= 15 is 0 Å². The predicted molar refractivity (Wildman–Crippen MR) is 85.4 cm³/mol. The quantitative estimate of drug-likeness (QED) is 0.907. The molecule has 0 unspecified atom stereocenters. The minimum Gasteiger partial charge on any atom is -0.444 e. The van der Waals surface area contributed by atoms with Crippen LogP contribution in [-0.4, -0.2) is 44.1 Å². The Morgan fingerprint density at radius 3 is 2.82 bits per heavy atom. The molecule has 0 bridgehead atoms. The van der Waals surface area contributed by atoms with Gasteiger partial charge in [0, 0.05) is 19.6 Å². The van der Waals surface area contributed by atoms with Crippen LogP contribution in [0.15, 0.2) is 21.7 Å². The first-order valence-corrected chi connectivity index (χ1v) is 9.51. The van der Waals surface area contributed by atoms with Gasteiger partial charge in [-0.05, 0) is 44.6 Å². The second-order valence-electron chi connectivity index (χ2n) is 6.33. The Morgan fingerprint density at radius 2 is 2.23 bits per heavy atom. The molecule has 1 atom stereocenters. The number of thiophene rings is 1. The maximum absolute atomic E-state index is 12.4. The molecule has 1 fully saturated rings. The molecule has 1 saturated heterocycles. The Kier molecular flexibility index (Phi) is 5.14. The van der Waals surface area contributed by atoms with Crippen molar-refractivity contribution in [2.75, 3.05) is 19.6 Å². The average molecular weight is 346 g/mol. The zero-order valence-corrected chi connectivity index (χ0v) is 14.7. The average Bonchev–Trinajstić information content (AvgIpc) is 3.06. The van der Waals surface area contributed by atoms with Gasteiger partial charge in [-0.15, -0.1) is 11.3 Å². The van der Waals surface area contributed by atoms with Gasteiger partial charge < -0.3 is 10.1 Å². The molecule has 2 heterocycles. The Morgan fingerprint density at radius 1 is 1.50 bits per heavy atom. The smallest absolute Gasteiger partial charge is 0.407 e. The van der Waals surface area contributed by atoms with Gasteiger partial charge in [0.15, 0.2) is 0 Å². The lowest BCUT2D eigenvalue weighted by atomic mass is 10.1. The normalized spacial score (nSPS) is 20.0. The summed E-state index contributed by atoms with van der Waals surface area (Å²) in [5.74, 6) is 0.113. The van der Waals surface area contributed by atoms with E-state index in [0.717, 1.165) is 6.42 Å². The molecule has 1 aromatic rings. The van der Waals surface area contributed by atoms with E-state index in [2.05, 4.69) is 5.32 Å². The van der Waals surface area contributed by atoms with Gasteiger partial charge in [-0.1, -0.05) is 6.07 Å². The van der Waals surface area contributed by atoms with Gasteiger partial charge in [-0.2, -0.15) is 4.31 Å². The summed E-state index contributed by atoms with van der Waals surface area (Å²) in [6.45, 7) is 6.74. The number of hydrogen-bond donors (Lipinski definition) is 1. The van der Waals surface area contributed by atoms with Crippen molar-refractivity contribution < 1.29 is 17.9 Å². The highest BCUT2D eigenvalue weighted by Crippen LogP contribution is 2.26. The second-order valence-corrected chi connectivity index (χ2v) is 9.45. The maximum Gasteiger partial charge on any atom is 0.407 e. The molecular formula is C14H22N2O4S2. The topological polar surface area (TPSA) is 75.7 Å². The predicted octanol–water partition coefficient (Wildman–Crippen LogP) is 2.28. The van der Waals surface area contributed by atoms with Crippen LogP contribution >= 0.6 is 11.3 Å². The molecule has 0 spiro atoms. The van der Waals surface area contributed by atoms with Crippen LogP contribution in [0.5, 0.6) is 0 Å². The van der Waals surface area contributed by atoms with Gasteiger partial charge in [-0.3, -0.25) is 0 Å². The third kappa shape index (κ3) is 4.44. The Hall–Kier alpha value is -1.12. The van der Waals surface area contributed by atoms with Crippen molar-refractivity contribution in [3.05, 3.63) is 17.5 Å². The van der Waals surface area contributed by atoms with Crippen LogP contribution < -0.4 is 5.32 Å². The largest absolute Gasteiger partial charge is 0.444 e. The molecule has 0 aliphatic carbocycles. The summed E-state index contributed by atoms with van der Waals surface area (Å²) in [7, 11) is -3.39. The van der Waals surface area contributed by atoms with Crippen molar-refractivity contribution in [3.63, 3.8) is 0 Å². The van der Waals surface area contributed by atoms with E-state index in [9.17, 15) is 13.2 Å². The van der Waals surface area contributed by atoms with Gasteiger partial charge in [-0.25, -0.2) is 13.2 Å². The van der Waals surface area contributed by atoms with Crippen LogP contribution in [0.2, 0.25) is 0 Å². The molecule has 0 radical (unpaired) electrons. The number of carbonyl (C=O) groups is 1. The molecule has 1 aliphatic rings. The lowest BCUT2D eigenvalue weighted by Gasteiger charge is -2.20. The van der Waals surface area contributed by atoms with Gasteiger partial charge >= 0.3 is 6.09 Å².